The number of furan rings is 1. The quantitative estimate of drug-likeness (QED) is 0.188. The van der Waals surface area contributed by atoms with Gasteiger partial charge in [-0.25, -0.2) is 15.0 Å². The molecule has 0 atom stereocenters. The third kappa shape index (κ3) is 4.67. The van der Waals surface area contributed by atoms with Gasteiger partial charge in [0.25, 0.3) is 0 Å². The Morgan fingerprint density at radius 1 is 0.340 bits per heavy atom. The van der Waals surface area contributed by atoms with E-state index < -0.39 is 0 Å². The fourth-order valence-electron chi connectivity index (χ4n) is 7.03. The smallest absolute Gasteiger partial charge is 0.164 e. The van der Waals surface area contributed by atoms with Crippen molar-refractivity contribution in [1.82, 2.24) is 19.5 Å². The summed E-state index contributed by atoms with van der Waals surface area (Å²) in [7, 11) is 0. The highest BCUT2D eigenvalue weighted by atomic mass is 16.3. The van der Waals surface area contributed by atoms with Gasteiger partial charge < -0.3 is 8.98 Å². The van der Waals surface area contributed by atoms with Crippen LogP contribution in [0.25, 0.3) is 94.7 Å². The van der Waals surface area contributed by atoms with Crippen molar-refractivity contribution in [1.29, 1.82) is 0 Å². The topological polar surface area (TPSA) is 56.7 Å². The summed E-state index contributed by atoms with van der Waals surface area (Å²) in [6.45, 7) is 0. The van der Waals surface area contributed by atoms with Crippen LogP contribution < -0.4 is 0 Å². The Kier molecular flexibility index (Phi) is 6.42. The van der Waals surface area contributed by atoms with E-state index in [1.54, 1.807) is 0 Å². The van der Waals surface area contributed by atoms with Crippen molar-refractivity contribution in [3.8, 4) is 51.0 Å². The molecule has 5 heteroatoms. The summed E-state index contributed by atoms with van der Waals surface area (Å²) in [6, 6.07) is 58.7. The van der Waals surface area contributed by atoms with Crippen LogP contribution in [0.4, 0.5) is 0 Å². The van der Waals surface area contributed by atoms with Crippen molar-refractivity contribution in [3.05, 3.63) is 170 Å². The van der Waals surface area contributed by atoms with Gasteiger partial charge in [0.2, 0.25) is 0 Å². The molecule has 0 aliphatic rings. The number of nitrogens with zero attached hydrogens (tertiary/aromatic N) is 4. The first-order valence-electron chi connectivity index (χ1n) is 16.7. The van der Waals surface area contributed by atoms with E-state index in [-0.39, 0.29) is 0 Å². The first kappa shape index (κ1) is 28.2. The molecule has 0 saturated heterocycles. The number of rotatable bonds is 5. The zero-order valence-electron chi connectivity index (χ0n) is 26.9. The van der Waals surface area contributed by atoms with Crippen LogP contribution in [0.1, 0.15) is 0 Å². The van der Waals surface area contributed by atoms with E-state index in [1.807, 2.05) is 72.8 Å². The number of aromatic nitrogens is 4. The fraction of sp³-hybridized carbons (Fsp3) is 0. The minimum atomic E-state index is 0.633. The van der Waals surface area contributed by atoms with E-state index in [0.29, 0.717) is 17.5 Å². The van der Waals surface area contributed by atoms with Crippen molar-refractivity contribution in [2.24, 2.45) is 0 Å². The molecule has 10 rings (SSSR count). The molecule has 3 aromatic heterocycles. The molecule has 0 aliphatic carbocycles. The van der Waals surface area contributed by atoms with Crippen molar-refractivity contribution in [2.75, 3.05) is 0 Å². The van der Waals surface area contributed by atoms with Gasteiger partial charge in [0, 0.05) is 43.9 Å². The highest BCUT2D eigenvalue weighted by Gasteiger charge is 2.17. The fourth-order valence-corrected chi connectivity index (χ4v) is 7.03. The standard InChI is InChI=1S/C45H28N4O/c1-3-11-30(12-4-1)43-46-44(31-13-5-2-6-14-31)48-45(47-43)33-21-25-36-35-15-7-9-17-39(35)49(40(36)28-33)34-23-19-29(20-24-34)32-22-26-42-38(27-32)37-16-8-10-18-41(37)50-42/h1-28H. The second kappa shape index (κ2) is 11.4. The Hall–Kier alpha value is -6.85. The lowest BCUT2D eigenvalue weighted by atomic mass is 10.0. The van der Waals surface area contributed by atoms with Crippen molar-refractivity contribution in [3.63, 3.8) is 0 Å². The maximum absolute atomic E-state index is 6.08. The maximum atomic E-state index is 6.08. The van der Waals surface area contributed by atoms with Crippen LogP contribution in [-0.4, -0.2) is 19.5 Å². The molecule has 0 N–H and O–H groups in total. The Balaban J connectivity index is 1.11. The highest BCUT2D eigenvalue weighted by molar-refractivity contribution is 6.10. The van der Waals surface area contributed by atoms with Gasteiger partial charge in [-0.05, 0) is 53.6 Å². The Morgan fingerprint density at radius 3 is 1.60 bits per heavy atom. The van der Waals surface area contributed by atoms with E-state index in [1.165, 1.54) is 10.8 Å². The Labute approximate surface area is 287 Å². The molecule has 0 aliphatic heterocycles. The summed E-state index contributed by atoms with van der Waals surface area (Å²) in [5.41, 5.74) is 10.2. The van der Waals surface area contributed by atoms with Gasteiger partial charge >= 0.3 is 0 Å². The zero-order chi connectivity index (χ0) is 33.0. The summed E-state index contributed by atoms with van der Waals surface area (Å²) >= 11 is 0. The van der Waals surface area contributed by atoms with Gasteiger partial charge in [-0.3, -0.25) is 0 Å². The molecular weight excluding hydrogens is 613 g/mol. The van der Waals surface area contributed by atoms with E-state index in [9.17, 15) is 0 Å². The molecule has 10 aromatic rings. The van der Waals surface area contributed by atoms with Crippen molar-refractivity contribution in [2.45, 2.75) is 0 Å². The van der Waals surface area contributed by atoms with E-state index in [2.05, 4.69) is 102 Å². The zero-order valence-corrected chi connectivity index (χ0v) is 26.9. The number of hydrogen-bond acceptors (Lipinski definition) is 4. The number of benzene rings is 7. The largest absolute Gasteiger partial charge is 0.456 e. The first-order chi connectivity index (χ1) is 24.8. The Morgan fingerprint density at radius 2 is 0.880 bits per heavy atom. The van der Waals surface area contributed by atoms with Crippen LogP contribution in [-0.2, 0) is 0 Å². The summed E-state index contributed by atoms with van der Waals surface area (Å²) < 4.78 is 8.41. The lowest BCUT2D eigenvalue weighted by molar-refractivity contribution is 0.669. The molecule has 0 fully saturated rings. The van der Waals surface area contributed by atoms with Gasteiger partial charge in [0.15, 0.2) is 17.5 Å². The summed E-state index contributed by atoms with van der Waals surface area (Å²) in [5, 5.41) is 4.63. The van der Waals surface area contributed by atoms with Crippen LogP contribution in [0.15, 0.2) is 174 Å². The molecule has 7 aromatic carbocycles. The molecule has 3 heterocycles. The third-order valence-corrected chi connectivity index (χ3v) is 9.47. The maximum Gasteiger partial charge on any atom is 0.164 e. The minimum Gasteiger partial charge on any atom is -0.456 e. The SMILES string of the molecule is c1ccc(-c2nc(-c3ccccc3)nc(-c3ccc4c5ccccc5n(-c5ccc(-c6ccc7oc8ccccc8c7c6)cc5)c4c3)n2)cc1. The lowest BCUT2D eigenvalue weighted by Crippen LogP contribution is -2.00. The monoisotopic (exact) mass is 640 g/mol. The molecule has 0 saturated carbocycles. The van der Waals surface area contributed by atoms with Gasteiger partial charge in [0.1, 0.15) is 11.2 Å². The van der Waals surface area contributed by atoms with E-state index in [0.717, 1.165) is 66.5 Å². The van der Waals surface area contributed by atoms with Gasteiger partial charge in [-0.1, -0.05) is 127 Å². The van der Waals surface area contributed by atoms with Crippen LogP contribution in [0.5, 0.6) is 0 Å². The molecule has 0 radical (unpaired) electrons. The molecule has 0 bridgehead atoms. The molecule has 234 valence electrons. The molecular formula is C45H28N4O. The second-order valence-corrected chi connectivity index (χ2v) is 12.5. The normalized spacial score (nSPS) is 11.6. The summed E-state index contributed by atoms with van der Waals surface area (Å²) in [5.74, 6) is 1.92. The van der Waals surface area contributed by atoms with Gasteiger partial charge in [0.05, 0.1) is 11.0 Å². The number of hydrogen-bond donors (Lipinski definition) is 0. The van der Waals surface area contributed by atoms with Crippen LogP contribution >= 0.6 is 0 Å². The first-order valence-corrected chi connectivity index (χ1v) is 16.7. The second-order valence-electron chi connectivity index (χ2n) is 12.5. The van der Waals surface area contributed by atoms with Crippen LogP contribution in [0.3, 0.4) is 0 Å². The molecule has 0 amide bonds. The predicted molar refractivity (Wildman–Crippen MR) is 203 cm³/mol. The molecule has 50 heavy (non-hydrogen) atoms. The number of fused-ring (bicyclic) bond motifs is 6. The lowest BCUT2D eigenvalue weighted by Gasteiger charge is -2.11. The molecule has 0 unspecified atom stereocenters. The predicted octanol–water partition coefficient (Wildman–Crippen LogP) is 11.5. The van der Waals surface area contributed by atoms with Crippen LogP contribution in [0, 0.1) is 0 Å². The van der Waals surface area contributed by atoms with Gasteiger partial charge in [-0.2, -0.15) is 0 Å². The molecule has 5 nitrogen and oxygen atoms in total. The minimum absolute atomic E-state index is 0.633. The number of para-hydroxylation sites is 2. The van der Waals surface area contributed by atoms with Gasteiger partial charge in [-0.15, -0.1) is 0 Å². The van der Waals surface area contributed by atoms with Crippen molar-refractivity contribution >= 4 is 43.7 Å². The van der Waals surface area contributed by atoms with Crippen LogP contribution in [0.2, 0.25) is 0 Å². The highest BCUT2D eigenvalue weighted by Crippen LogP contribution is 2.37. The third-order valence-electron chi connectivity index (χ3n) is 9.47. The summed E-state index contributed by atoms with van der Waals surface area (Å²) in [4.78, 5) is 14.9. The van der Waals surface area contributed by atoms with Crippen molar-refractivity contribution < 1.29 is 4.42 Å². The average molecular weight is 641 g/mol. The Bertz CT molecular complexity index is 2800. The van der Waals surface area contributed by atoms with E-state index in [4.69, 9.17) is 19.4 Å². The molecule has 0 spiro atoms. The van der Waals surface area contributed by atoms with E-state index >= 15 is 0 Å². The summed E-state index contributed by atoms with van der Waals surface area (Å²) in [6.07, 6.45) is 0. The average Bonchev–Trinajstić information content (AvgIpc) is 3.73.